The predicted octanol–water partition coefficient (Wildman–Crippen LogP) is 3.23. The second-order valence-corrected chi connectivity index (χ2v) is 5.72. The van der Waals surface area contributed by atoms with Gasteiger partial charge in [0, 0.05) is 5.75 Å². The molecule has 1 aliphatic heterocycles. The fourth-order valence-corrected chi connectivity index (χ4v) is 3.29. The smallest absolute Gasteiger partial charge is 0.0184 e. The molecule has 88 valence electrons. The van der Waals surface area contributed by atoms with Crippen molar-refractivity contribution in [2.75, 3.05) is 18.8 Å². The lowest BCUT2D eigenvalue weighted by atomic mass is 10.0. The highest BCUT2D eigenvalue weighted by molar-refractivity contribution is 7.98. The molecular weight excluding hydrogens is 214 g/mol. The quantitative estimate of drug-likeness (QED) is 0.860. The van der Waals surface area contributed by atoms with Gasteiger partial charge in [-0.1, -0.05) is 29.8 Å². The summed E-state index contributed by atoms with van der Waals surface area (Å²) in [5.41, 5.74) is 2.82. The lowest BCUT2D eigenvalue weighted by molar-refractivity contribution is 0.408. The summed E-state index contributed by atoms with van der Waals surface area (Å²) in [5, 5.41) is 3.42. The number of aryl methyl sites for hydroxylation is 1. The van der Waals surface area contributed by atoms with Crippen LogP contribution in [0.25, 0.3) is 0 Å². The standard InChI is InChI=1S/C14H21NS/c1-12-2-4-13(5-3-12)10-16-11-14-6-8-15-9-7-14/h2-5,14-15H,6-11H2,1H3. The molecule has 0 saturated carbocycles. The van der Waals surface area contributed by atoms with Gasteiger partial charge >= 0.3 is 0 Å². The van der Waals surface area contributed by atoms with E-state index in [-0.39, 0.29) is 0 Å². The molecule has 1 saturated heterocycles. The van der Waals surface area contributed by atoms with Gasteiger partial charge in [-0.25, -0.2) is 0 Å². The minimum Gasteiger partial charge on any atom is -0.317 e. The van der Waals surface area contributed by atoms with E-state index in [1.165, 1.54) is 48.6 Å². The predicted molar refractivity (Wildman–Crippen MR) is 72.9 cm³/mol. The lowest BCUT2D eigenvalue weighted by Crippen LogP contribution is -2.28. The van der Waals surface area contributed by atoms with Crippen LogP contribution in [-0.2, 0) is 5.75 Å². The second-order valence-electron chi connectivity index (χ2n) is 4.69. The SMILES string of the molecule is Cc1ccc(CSCC2CCNCC2)cc1. The molecule has 1 aliphatic rings. The zero-order valence-corrected chi connectivity index (χ0v) is 10.9. The van der Waals surface area contributed by atoms with Gasteiger partial charge in [0.25, 0.3) is 0 Å². The molecule has 0 bridgehead atoms. The molecule has 1 nitrogen and oxygen atoms in total. The summed E-state index contributed by atoms with van der Waals surface area (Å²) in [6.07, 6.45) is 2.72. The van der Waals surface area contributed by atoms with Crippen LogP contribution >= 0.6 is 11.8 Å². The summed E-state index contributed by atoms with van der Waals surface area (Å²) in [6, 6.07) is 8.93. The Kier molecular flexibility index (Phi) is 4.73. The van der Waals surface area contributed by atoms with Gasteiger partial charge in [0.15, 0.2) is 0 Å². The van der Waals surface area contributed by atoms with Crippen LogP contribution in [0.15, 0.2) is 24.3 Å². The molecule has 0 aliphatic carbocycles. The first-order chi connectivity index (χ1) is 7.84. The van der Waals surface area contributed by atoms with Crippen molar-refractivity contribution in [3.63, 3.8) is 0 Å². The van der Waals surface area contributed by atoms with E-state index >= 15 is 0 Å². The maximum absolute atomic E-state index is 3.42. The molecule has 0 spiro atoms. The van der Waals surface area contributed by atoms with Crippen LogP contribution in [0.4, 0.5) is 0 Å². The average molecular weight is 235 g/mol. The fraction of sp³-hybridized carbons (Fsp3) is 0.571. The summed E-state index contributed by atoms with van der Waals surface area (Å²) in [6.45, 7) is 4.58. The Balaban J connectivity index is 1.69. The Morgan fingerprint density at radius 2 is 1.88 bits per heavy atom. The van der Waals surface area contributed by atoms with E-state index in [9.17, 15) is 0 Å². The molecule has 0 atom stereocenters. The zero-order chi connectivity index (χ0) is 11.2. The monoisotopic (exact) mass is 235 g/mol. The van der Waals surface area contributed by atoms with Crippen molar-refractivity contribution in [3.05, 3.63) is 35.4 Å². The summed E-state index contributed by atoms with van der Waals surface area (Å²) < 4.78 is 0. The topological polar surface area (TPSA) is 12.0 Å². The van der Waals surface area contributed by atoms with Crippen molar-refractivity contribution in [2.24, 2.45) is 5.92 Å². The molecule has 0 unspecified atom stereocenters. The molecule has 2 rings (SSSR count). The third-order valence-electron chi connectivity index (χ3n) is 3.20. The second kappa shape index (κ2) is 6.31. The normalized spacial score (nSPS) is 17.6. The number of nitrogens with one attached hydrogen (secondary N) is 1. The van der Waals surface area contributed by atoms with E-state index in [0.29, 0.717) is 0 Å². The molecule has 1 fully saturated rings. The van der Waals surface area contributed by atoms with Crippen molar-refractivity contribution < 1.29 is 0 Å². The van der Waals surface area contributed by atoms with Crippen molar-refractivity contribution in [1.82, 2.24) is 5.32 Å². The van der Waals surface area contributed by atoms with Gasteiger partial charge in [0.1, 0.15) is 0 Å². The molecule has 1 heterocycles. The average Bonchev–Trinajstić information content (AvgIpc) is 2.33. The molecular formula is C14H21NS. The Morgan fingerprint density at radius 3 is 2.56 bits per heavy atom. The van der Waals surface area contributed by atoms with Crippen molar-refractivity contribution in [1.29, 1.82) is 0 Å². The number of benzene rings is 1. The molecule has 1 aromatic rings. The molecule has 0 amide bonds. The van der Waals surface area contributed by atoms with E-state index in [1.807, 2.05) is 0 Å². The van der Waals surface area contributed by atoms with Crippen molar-refractivity contribution in [3.8, 4) is 0 Å². The number of thioether (sulfide) groups is 1. The first-order valence-electron chi connectivity index (χ1n) is 6.18. The number of hydrogen-bond donors (Lipinski definition) is 1. The van der Waals surface area contributed by atoms with E-state index in [4.69, 9.17) is 0 Å². The molecule has 2 heteroatoms. The van der Waals surface area contributed by atoms with Crippen LogP contribution in [0.1, 0.15) is 24.0 Å². The van der Waals surface area contributed by atoms with Crippen LogP contribution in [0.5, 0.6) is 0 Å². The summed E-state index contributed by atoms with van der Waals surface area (Å²) in [5.74, 6) is 3.44. The van der Waals surface area contributed by atoms with Gasteiger partial charge in [0.05, 0.1) is 0 Å². The highest BCUT2D eigenvalue weighted by Gasteiger charge is 2.12. The van der Waals surface area contributed by atoms with Crippen LogP contribution in [-0.4, -0.2) is 18.8 Å². The van der Waals surface area contributed by atoms with Gasteiger partial charge in [-0.3, -0.25) is 0 Å². The Labute approximate surface area is 103 Å². The first kappa shape index (κ1) is 12.0. The van der Waals surface area contributed by atoms with E-state index in [1.54, 1.807) is 0 Å². The van der Waals surface area contributed by atoms with E-state index < -0.39 is 0 Å². The molecule has 16 heavy (non-hydrogen) atoms. The van der Waals surface area contributed by atoms with Crippen molar-refractivity contribution >= 4 is 11.8 Å². The van der Waals surface area contributed by atoms with Crippen LogP contribution in [0, 0.1) is 12.8 Å². The minimum atomic E-state index is 0.941. The number of hydrogen-bond acceptors (Lipinski definition) is 2. The van der Waals surface area contributed by atoms with Crippen LogP contribution in [0.2, 0.25) is 0 Å². The van der Waals surface area contributed by atoms with Crippen molar-refractivity contribution in [2.45, 2.75) is 25.5 Å². The molecule has 1 N–H and O–H groups in total. The Hall–Kier alpha value is -0.470. The largest absolute Gasteiger partial charge is 0.317 e. The number of piperidine rings is 1. The summed E-state index contributed by atoms with van der Waals surface area (Å²) in [7, 11) is 0. The Bertz CT molecular complexity index is 301. The highest BCUT2D eigenvalue weighted by atomic mass is 32.2. The minimum absolute atomic E-state index is 0.941. The van der Waals surface area contributed by atoms with Gasteiger partial charge in [0.2, 0.25) is 0 Å². The maximum Gasteiger partial charge on any atom is 0.0184 e. The Morgan fingerprint density at radius 1 is 1.19 bits per heavy atom. The highest BCUT2D eigenvalue weighted by Crippen LogP contribution is 2.21. The fourth-order valence-electron chi connectivity index (χ4n) is 2.08. The maximum atomic E-state index is 3.42. The summed E-state index contributed by atoms with van der Waals surface area (Å²) in [4.78, 5) is 0. The van der Waals surface area contributed by atoms with E-state index in [2.05, 4.69) is 48.3 Å². The summed E-state index contributed by atoms with van der Waals surface area (Å²) >= 11 is 2.09. The zero-order valence-electron chi connectivity index (χ0n) is 10.0. The van der Waals surface area contributed by atoms with Gasteiger partial charge in [-0.15, -0.1) is 0 Å². The van der Waals surface area contributed by atoms with Gasteiger partial charge < -0.3 is 5.32 Å². The third kappa shape index (κ3) is 3.84. The van der Waals surface area contributed by atoms with Gasteiger partial charge in [-0.05, 0) is 50.1 Å². The molecule has 1 aromatic carbocycles. The van der Waals surface area contributed by atoms with Crippen LogP contribution in [0.3, 0.4) is 0 Å². The first-order valence-corrected chi connectivity index (χ1v) is 7.34. The third-order valence-corrected chi connectivity index (χ3v) is 4.45. The van der Waals surface area contributed by atoms with Crippen LogP contribution < -0.4 is 5.32 Å². The van der Waals surface area contributed by atoms with Gasteiger partial charge in [-0.2, -0.15) is 11.8 Å². The lowest BCUT2D eigenvalue weighted by Gasteiger charge is -2.22. The van der Waals surface area contributed by atoms with E-state index in [0.717, 1.165) is 5.92 Å². The molecule has 0 radical (unpaired) electrons. The number of rotatable bonds is 4. The molecule has 0 aromatic heterocycles.